The minimum absolute atomic E-state index is 0.0556. The molecule has 2 N–H and O–H groups in total. The van der Waals surface area contributed by atoms with Gasteiger partial charge in [-0.05, 0) is 48.7 Å². The third kappa shape index (κ3) is 4.49. The summed E-state index contributed by atoms with van der Waals surface area (Å²) in [4.78, 5) is 37.7. The zero-order valence-corrected chi connectivity index (χ0v) is 15.6. The first-order valence-electron chi connectivity index (χ1n) is 9.07. The number of rotatable bonds is 6. The van der Waals surface area contributed by atoms with Crippen LogP contribution >= 0.6 is 0 Å². The van der Waals surface area contributed by atoms with Crippen LogP contribution in [0.4, 0.5) is 5.69 Å². The highest BCUT2D eigenvalue weighted by atomic mass is 16.5. The summed E-state index contributed by atoms with van der Waals surface area (Å²) in [5.74, 6) is -0.889. The normalized spacial score (nSPS) is 13.2. The Balaban J connectivity index is 1.72. The standard InChI is InChI=1S/C21H22N2O5/c1-28-18-9-8-16(20(25)23-10-2-3-11-23)13-17(18)22-19(24)12-14-4-6-15(7-5-14)21(26)27/h4-9,13H,2-3,10-12H2,1H3,(H,22,24)(H,26,27). The van der Waals surface area contributed by atoms with Crippen molar-refractivity contribution in [2.24, 2.45) is 0 Å². The Labute approximate surface area is 162 Å². The number of nitrogens with zero attached hydrogens (tertiary/aromatic N) is 1. The second-order valence-corrected chi connectivity index (χ2v) is 6.64. The summed E-state index contributed by atoms with van der Waals surface area (Å²) in [6.45, 7) is 1.50. The third-order valence-corrected chi connectivity index (χ3v) is 4.68. The van der Waals surface area contributed by atoms with Crippen molar-refractivity contribution < 1.29 is 24.2 Å². The number of methoxy groups -OCH3 is 1. The van der Waals surface area contributed by atoms with Crippen molar-refractivity contribution in [3.05, 3.63) is 59.2 Å². The van der Waals surface area contributed by atoms with Crippen LogP contribution in [0, 0.1) is 0 Å². The SMILES string of the molecule is COc1ccc(C(=O)N2CCCC2)cc1NC(=O)Cc1ccc(C(=O)O)cc1. The quantitative estimate of drug-likeness (QED) is 0.801. The van der Waals surface area contributed by atoms with Gasteiger partial charge in [-0.25, -0.2) is 4.79 Å². The number of hydrogen-bond donors (Lipinski definition) is 2. The van der Waals surface area contributed by atoms with E-state index < -0.39 is 5.97 Å². The van der Waals surface area contributed by atoms with Crippen LogP contribution in [-0.2, 0) is 11.2 Å². The van der Waals surface area contributed by atoms with Gasteiger partial charge in [0.05, 0.1) is 24.8 Å². The molecule has 7 heteroatoms. The van der Waals surface area contributed by atoms with Gasteiger partial charge in [0.2, 0.25) is 5.91 Å². The summed E-state index contributed by atoms with van der Waals surface area (Å²) in [7, 11) is 1.50. The van der Waals surface area contributed by atoms with E-state index in [1.165, 1.54) is 19.2 Å². The predicted octanol–water partition coefficient (Wildman–Crippen LogP) is 2.81. The smallest absolute Gasteiger partial charge is 0.335 e. The molecule has 0 radical (unpaired) electrons. The summed E-state index contributed by atoms with van der Waals surface area (Å²) in [6, 6.07) is 11.1. The molecule has 146 valence electrons. The number of ether oxygens (including phenoxy) is 1. The maximum Gasteiger partial charge on any atom is 0.335 e. The van der Waals surface area contributed by atoms with Gasteiger partial charge in [-0.15, -0.1) is 0 Å². The maximum atomic E-state index is 12.6. The van der Waals surface area contributed by atoms with Gasteiger partial charge in [0.1, 0.15) is 5.75 Å². The molecule has 0 aromatic heterocycles. The molecule has 1 aliphatic rings. The number of carbonyl (C=O) groups is 3. The summed E-state index contributed by atoms with van der Waals surface area (Å²) in [6.07, 6.45) is 2.09. The predicted molar refractivity (Wildman–Crippen MR) is 104 cm³/mol. The molecule has 0 spiro atoms. The Morgan fingerprint density at radius 3 is 2.29 bits per heavy atom. The zero-order chi connectivity index (χ0) is 20.1. The molecule has 3 rings (SSSR count). The van der Waals surface area contributed by atoms with Crippen LogP contribution in [0.15, 0.2) is 42.5 Å². The molecule has 0 unspecified atom stereocenters. The summed E-state index contributed by atoms with van der Waals surface area (Å²) in [5.41, 5.74) is 1.79. The maximum absolute atomic E-state index is 12.6. The lowest BCUT2D eigenvalue weighted by Crippen LogP contribution is -2.27. The van der Waals surface area contributed by atoms with E-state index in [0.29, 0.717) is 22.6 Å². The minimum atomic E-state index is -1.01. The van der Waals surface area contributed by atoms with E-state index in [-0.39, 0.29) is 23.8 Å². The van der Waals surface area contributed by atoms with Gasteiger partial charge in [-0.3, -0.25) is 9.59 Å². The number of hydrogen-bond acceptors (Lipinski definition) is 4. The molecule has 1 saturated heterocycles. The number of carbonyl (C=O) groups excluding carboxylic acids is 2. The highest BCUT2D eigenvalue weighted by molar-refractivity contribution is 5.99. The van der Waals surface area contributed by atoms with E-state index in [4.69, 9.17) is 9.84 Å². The fourth-order valence-electron chi connectivity index (χ4n) is 3.19. The fraction of sp³-hybridized carbons (Fsp3) is 0.286. The number of aromatic carboxylic acids is 1. The molecule has 2 aromatic rings. The largest absolute Gasteiger partial charge is 0.495 e. The third-order valence-electron chi connectivity index (χ3n) is 4.68. The lowest BCUT2D eigenvalue weighted by atomic mass is 10.1. The first kappa shape index (κ1) is 19.4. The summed E-state index contributed by atoms with van der Waals surface area (Å²) < 4.78 is 5.29. The van der Waals surface area contributed by atoms with E-state index in [9.17, 15) is 14.4 Å². The Hall–Kier alpha value is -3.35. The number of likely N-dealkylation sites (tertiary alicyclic amines) is 1. The molecule has 0 saturated carbocycles. The average Bonchev–Trinajstić information content (AvgIpc) is 3.22. The second kappa shape index (κ2) is 8.56. The van der Waals surface area contributed by atoms with Crippen LogP contribution in [0.5, 0.6) is 5.75 Å². The van der Waals surface area contributed by atoms with E-state index in [1.54, 1.807) is 35.2 Å². The number of carboxylic acids is 1. The van der Waals surface area contributed by atoms with Crippen molar-refractivity contribution in [2.75, 3.05) is 25.5 Å². The number of anilines is 1. The second-order valence-electron chi connectivity index (χ2n) is 6.64. The van der Waals surface area contributed by atoms with Gasteiger partial charge in [0.25, 0.3) is 5.91 Å². The molecule has 7 nitrogen and oxygen atoms in total. The molecule has 0 aliphatic carbocycles. The number of amides is 2. The monoisotopic (exact) mass is 382 g/mol. The van der Waals surface area contributed by atoms with Gasteiger partial charge in [0, 0.05) is 18.7 Å². The van der Waals surface area contributed by atoms with E-state index in [0.717, 1.165) is 25.9 Å². The Morgan fingerprint density at radius 1 is 1.04 bits per heavy atom. The minimum Gasteiger partial charge on any atom is -0.495 e. The van der Waals surface area contributed by atoms with E-state index in [1.807, 2.05) is 0 Å². The van der Waals surface area contributed by atoms with Crippen LogP contribution < -0.4 is 10.1 Å². The van der Waals surface area contributed by atoms with Crippen molar-refractivity contribution in [2.45, 2.75) is 19.3 Å². The van der Waals surface area contributed by atoms with Crippen molar-refractivity contribution in [3.8, 4) is 5.75 Å². The highest BCUT2D eigenvalue weighted by Gasteiger charge is 2.21. The van der Waals surface area contributed by atoms with Crippen LogP contribution in [0.25, 0.3) is 0 Å². The highest BCUT2D eigenvalue weighted by Crippen LogP contribution is 2.27. The van der Waals surface area contributed by atoms with Gasteiger partial charge in [-0.2, -0.15) is 0 Å². The Bertz CT molecular complexity index is 886. The van der Waals surface area contributed by atoms with Crippen molar-refractivity contribution in [1.29, 1.82) is 0 Å². The van der Waals surface area contributed by atoms with Crippen LogP contribution in [0.2, 0.25) is 0 Å². The molecule has 2 amide bonds. The van der Waals surface area contributed by atoms with Gasteiger partial charge in [-0.1, -0.05) is 12.1 Å². The average molecular weight is 382 g/mol. The van der Waals surface area contributed by atoms with E-state index in [2.05, 4.69) is 5.32 Å². The lowest BCUT2D eigenvalue weighted by Gasteiger charge is -2.17. The fourth-order valence-corrected chi connectivity index (χ4v) is 3.19. The summed E-state index contributed by atoms with van der Waals surface area (Å²) >= 11 is 0. The molecule has 0 atom stereocenters. The van der Waals surface area contributed by atoms with Crippen molar-refractivity contribution in [1.82, 2.24) is 4.90 Å². The van der Waals surface area contributed by atoms with Crippen LogP contribution in [-0.4, -0.2) is 48.0 Å². The number of nitrogens with one attached hydrogen (secondary N) is 1. The zero-order valence-electron chi connectivity index (χ0n) is 15.6. The number of carboxylic acid groups (broad SMARTS) is 1. The molecular weight excluding hydrogens is 360 g/mol. The lowest BCUT2D eigenvalue weighted by molar-refractivity contribution is -0.115. The molecule has 1 aliphatic heterocycles. The first-order chi connectivity index (χ1) is 13.5. The molecule has 0 bridgehead atoms. The molecule has 28 heavy (non-hydrogen) atoms. The Kier molecular flexibility index (Phi) is 5.93. The van der Waals surface area contributed by atoms with Gasteiger partial charge < -0.3 is 20.1 Å². The molecule has 2 aromatic carbocycles. The van der Waals surface area contributed by atoms with Crippen LogP contribution in [0.3, 0.4) is 0 Å². The molecule has 1 heterocycles. The van der Waals surface area contributed by atoms with Crippen molar-refractivity contribution >= 4 is 23.5 Å². The molecular formula is C21H22N2O5. The van der Waals surface area contributed by atoms with Crippen molar-refractivity contribution in [3.63, 3.8) is 0 Å². The van der Waals surface area contributed by atoms with E-state index >= 15 is 0 Å². The van der Waals surface area contributed by atoms with Gasteiger partial charge in [0.15, 0.2) is 0 Å². The summed E-state index contributed by atoms with van der Waals surface area (Å²) in [5, 5.41) is 11.7. The first-order valence-corrected chi connectivity index (χ1v) is 9.07. The number of benzene rings is 2. The Morgan fingerprint density at radius 2 is 1.68 bits per heavy atom. The molecule has 1 fully saturated rings. The van der Waals surface area contributed by atoms with Crippen LogP contribution in [0.1, 0.15) is 39.1 Å². The topological polar surface area (TPSA) is 95.9 Å². The van der Waals surface area contributed by atoms with Gasteiger partial charge >= 0.3 is 5.97 Å².